The van der Waals surface area contributed by atoms with E-state index in [9.17, 15) is 26.7 Å². The van der Waals surface area contributed by atoms with Crippen molar-refractivity contribution in [3.05, 3.63) is 29.3 Å². The molecule has 1 heterocycles. The van der Waals surface area contributed by atoms with Crippen molar-refractivity contribution >= 4 is 37.4 Å². The molecule has 0 bridgehead atoms. The first-order valence-electron chi connectivity index (χ1n) is 6.40. The van der Waals surface area contributed by atoms with Crippen molar-refractivity contribution in [1.82, 2.24) is 4.31 Å². The lowest BCUT2D eigenvalue weighted by Crippen LogP contribution is -2.48. The molecule has 2 atom stereocenters. The van der Waals surface area contributed by atoms with E-state index in [0.717, 1.165) is 0 Å². The van der Waals surface area contributed by atoms with E-state index >= 15 is 0 Å². The van der Waals surface area contributed by atoms with Gasteiger partial charge >= 0.3 is 5.97 Å². The fourth-order valence-corrected chi connectivity index (χ4v) is 5.97. The zero-order valence-electron chi connectivity index (χ0n) is 11.7. The molecule has 0 aromatic heterocycles. The second-order valence-corrected chi connectivity index (χ2v) is 9.59. The number of aliphatic hydroxyl groups excluding tert-OH is 1. The lowest BCUT2D eigenvalue weighted by atomic mass is 10.2. The summed E-state index contributed by atoms with van der Waals surface area (Å²) >= 11 is 5.69. The lowest BCUT2D eigenvalue weighted by Gasteiger charge is -2.27. The summed E-state index contributed by atoms with van der Waals surface area (Å²) in [6, 6.07) is 3.64. The number of sulfone groups is 1. The average molecular weight is 384 g/mol. The molecule has 1 aromatic rings. The van der Waals surface area contributed by atoms with Gasteiger partial charge in [-0.1, -0.05) is 11.6 Å². The zero-order chi connectivity index (χ0) is 17.4. The molecule has 1 aromatic carbocycles. The number of aliphatic hydroxyl groups is 1. The van der Waals surface area contributed by atoms with Crippen LogP contribution in [0.25, 0.3) is 0 Å². The second-order valence-electron chi connectivity index (χ2n) is 5.11. The maximum Gasteiger partial charge on any atom is 0.318 e. The Balaban J connectivity index is 2.46. The highest BCUT2D eigenvalue weighted by Crippen LogP contribution is 2.26. The number of nitrogens with zero attached hydrogens (tertiary/aromatic N) is 1. The highest BCUT2D eigenvalue weighted by atomic mass is 35.5. The van der Waals surface area contributed by atoms with Crippen LogP contribution in [0.3, 0.4) is 0 Å². The molecule has 1 aliphatic rings. The van der Waals surface area contributed by atoms with E-state index in [1.807, 2.05) is 0 Å². The molecule has 0 amide bonds. The van der Waals surface area contributed by atoms with Crippen molar-refractivity contribution in [2.75, 3.05) is 18.1 Å². The minimum absolute atomic E-state index is 0.236. The van der Waals surface area contributed by atoms with Crippen molar-refractivity contribution in [1.29, 1.82) is 0 Å². The zero-order valence-corrected chi connectivity index (χ0v) is 14.1. The molecule has 128 valence electrons. The van der Waals surface area contributed by atoms with E-state index in [1.165, 1.54) is 24.3 Å². The van der Waals surface area contributed by atoms with Crippen molar-refractivity contribution in [3.63, 3.8) is 0 Å². The van der Waals surface area contributed by atoms with Crippen LogP contribution in [0.5, 0.6) is 0 Å². The predicted octanol–water partition coefficient (Wildman–Crippen LogP) is -0.427. The Morgan fingerprint density at radius 3 is 2.26 bits per heavy atom. The second kappa shape index (κ2) is 6.36. The molecule has 8 nitrogen and oxygen atoms in total. The Morgan fingerprint density at radius 2 is 1.83 bits per heavy atom. The first-order chi connectivity index (χ1) is 10.5. The van der Waals surface area contributed by atoms with E-state index in [-0.39, 0.29) is 9.92 Å². The van der Waals surface area contributed by atoms with Gasteiger partial charge < -0.3 is 10.2 Å². The van der Waals surface area contributed by atoms with Crippen LogP contribution in [0, 0.1) is 0 Å². The van der Waals surface area contributed by atoms with Gasteiger partial charge in [-0.05, 0) is 24.3 Å². The number of sulfonamides is 1. The SMILES string of the molecule is O=C(O)CN([C@H]1CS(=O)(=O)C[C@@H]1O)S(=O)(=O)c1ccc(Cl)cc1. The number of rotatable bonds is 5. The highest BCUT2D eigenvalue weighted by Gasteiger charge is 2.45. The molecule has 1 fully saturated rings. The first-order valence-corrected chi connectivity index (χ1v) is 10.0. The van der Waals surface area contributed by atoms with Gasteiger partial charge in [0, 0.05) is 5.02 Å². The van der Waals surface area contributed by atoms with Crippen molar-refractivity contribution < 1.29 is 31.8 Å². The molecule has 0 aliphatic carbocycles. The third-order valence-electron chi connectivity index (χ3n) is 3.37. The van der Waals surface area contributed by atoms with E-state index < -0.39 is 56.0 Å². The van der Waals surface area contributed by atoms with Gasteiger partial charge in [-0.15, -0.1) is 0 Å². The molecule has 0 saturated carbocycles. The van der Waals surface area contributed by atoms with E-state index in [2.05, 4.69) is 0 Å². The fourth-order valence-electron chi connectivity index (χ4n) is 2.34. The number of carboxylic acids is 1. The largest absolute Gasteiger partial charge is 0.480 e. The summed E-state index contributed by atoms with van der Waals surface area (Å²) < 4.78 is 49.0. The number of hydrogen-bond donors (Lipinski definition) is 2. The molecule has 0 spiro atoms. The Morgan fingerprint density at radius 1 is 1.26 bits per heavy atom. The predicted molar refractivity (Wildman–Crippen MR) is 81.4 cm³/mol. The molecule has 0 unspecified atom stereocenters. The Hall–Kier alpha value is -1.20. The van der Waals surface area contributed by atoms with Gasteiger partial charge in [0.15, 0.2) is 9.84 Å². The fraction of sp³-hybridized carbons (Fsp3) is 0.417. The summed E-state index contributed by atoms with van der Waals surface area (Å²) in [5.74, 6) is -2.70. The minimum atomic E-state index is -4.31. The number of aliphatic carboxylic acids is 1. The van der Waals surface area contributed by atoms with Crippen LogP contribution in [-0.2, 0) is 24.7 Å². The Kier molecular flexibility index (Phi) is 5.02. The molecular weight excluding hydrogens is 370 g/mol. The summed E-state index contributed by atoms with van der Waals surface area (Å²) in [5.41, 5.74) is 0. The van der Waals surface area contributed by atoms with Gasteiger partial charge in [-0.25, -0.2) is 16.8 Å². The average Bonchev–Trinajstić information content (AvgIpc) is 2.69. The Bertz CT molecular complexity index is 804. The summed E-state index contributed by atoms with van der Waals surface area (Å²) in [4.78, 5) is 10.8. The van der Waals surface area contributed by atoms with Crippen LogP contribution in [-0.4, -0.2) is 67.5 Å². The standard InChI is InChI=1S/C12H14ClNO7S2/c13-8-1-3-9(4-2-8)23(20,21)14(5-12(16)17)10-6-22(18,19)7-11(10)15/h1-4,10-11,15H,5-7H2,(H,16,17)/t10-,11-/m0/s1. The Labute approximate surface area is 138 Å². The number of carboxylic acid groups (broad SMARTS) is 1. The third kappa shape index (κ3) is 4.01. The number of carbonyl (C=O) groups is 1. The van der Waals surface area contributed by atoms with Gasteiger partial charge in [-0.3, -0.25) is 4.79 Å². The first kappa shape index (κ1) is 18.1. The monoisotopic (exact) mass is 383 g/mol. The summed E-state index contributed by atoms with van der Waals surface area (Å²) in [7, 11) is -7.95. The van der Waals surface area contributed by atoms with Crippen LogP contribution >= 0.6 is 11.6 Å². The quantitative estimate of drug-likeness (QED) is 0.705. The van der Waals surface area contributed by atoms with Crippen LogP contribution in [0.4, 0.5) is 0 Å². The van der Waals surface area contributed by atoms with Crippen molar-refractivity contribution in [2.45, 2.75) is 17.0 Å². The van der Waals surface area contributed by atoms with Gasteiger partial charge in [0.1, 0.15) is 6.54 Å². The van der Waals surface area contributed by atoms with Crippen molar-refractivity contribution in [3.8, 4) is 0 Å². The molecule has 11 heteroatoms. The number of halogens is 1. The number of benzene rings is 1. The van der Waals surface area contributed by atoms with Crippen LogP contribution in [0.1, 0.15) is 0 Å². The normalized spacial score (nSPS) is 24.0. The topological polar surface area (TPSA) is 129 Å². The molecule has 1 aliphatic heterocycles. The molecule has 1 saturated heterocycles. The molecule has 23 heavy (non-hydrogen) atoms. The minimum Gasteiger partial charge on any atom is -0.480 e. The van der Waals surface area contributed by atoms with E-state index in [4.69, 9.17) is 16.7 Å². The van der Waals surface area contributed by atoms with Crippen molar-refractivity contribution in [2.24, 2.45) is 0 Å². The van der Waals surface area contributed by atoms with Crippen LogP contribution in [0.2, 0.25) is 5.02 Å². The summed E-state index contributed by atoms with van der Waals surface area (Å²) in [6.45, 7) is -0.956. The molecule has 0 radical (unpaired) electrons. The maximum atomic E-state index is 12.6. The van der Waals surface area contributed by atoms with Gasteiger partial charge in [0.25, 0.3) is 0 Å². The van der Waals surface area contributed by atoms with Crippen LogP contribution in [0.15, 0.2) is 29.2 Å². The highest BCUT2D eigenvalue weighted by molar-refractivity contribution is 7.92. The number of hydrogen-bond acceptors (Lipinski definition) is 6. The summed E-state index contributed by atoms with van der Waals surface area (Å²) in [6.07, 6.45) is -1.48. The maximum absolute atomic E-state index is 12.6. The van der Waals surface area contributed by atoms with Gasteiger partial charge in [0.05, 0.1) is 28.5 Å². The van der Waals surface area contributed by atoms with E-state index in [1.54, 1.807) is 0 Å². The van der Waals surface area contributed by atoms with Crippen LogP contribution < -0.4 is 0 Å². The molecule has 2 N–H and O–H groups in total. The van der Waals surface area contributed by atoms with Gasteiger partial charge in [0.2, 0.25) is 10.0 Å². The smallest absolute Gasteiger partial charge is 0.318 e. The van der Waals surface area contributed by atoms with E-state index in [0.29, 0.717) is 4.31 Å². The van der Waals surface area contributed by atoms with Gasteiger partial charge in [-0.2, -0.15) is 4.31 Å². The molecular formula is C12H14ClNO7S2. The lowest BCUT2D eigenvalue weighted by molar-refractivity contribution is -0.137. The third-order valence-corrected chi connectivity index (χ3v) is 7.21. The summed E-state index contributed by atoms with van der Waals surface area (Å²) in [5, 5.41) is 19.1. The molecule has 2 rings (SSSR count).